The molecule has 116 valence electrons. The van der Waals surface area contributed by atoms with Crippen molar-refractivity contribution in [3.05, 3.63) is 29.8 Å². The molecule has 5 heteroatoms. The molecule has 0 aromatic heterocycles. The summed E-state index contributed by atoms with van der Waals surface area (Å²) in [6.45, 7) is 5.81. The zero-order valence-electron chi connectivity index (χ0n) is 13.0. The van der Waals surface area contributed by atoms with Gasteiger partial charge in [-0.05, 0) is 44.9 Å². The molecule has 1 aromatic carbocycles. The number of amides is 1. The summed E-state index contributed by atoms with van der Waals surface area (Å²) < 4.78 is 15.4. The van der Waals surface area contributed by atoms with Crippen molar-refractivity contribution in [3.63, 3.8) is 0 Å². The standard InChI is InChI=1S/C16H23NO4/c1-16(2,3)21-15(18)17-14-9-13(14)11-5-7-12(8-6-11)20-10-19-4/h5-8,13-14H,9-10H2,1-4H3,(H,17,18)/t13-,14+/m0/s1. The molecule has 1 aliphatic rings. The number of hydrogen-bond donors (Lipinski definition) is 1. The SMILES string of the molecule is COCOc1ccc([C@@H]2C[C@H]2NC(=O)OC(C)(C)C)cc1. The van der Waals surface area contributed by atoms with E-state index in [-0.39, 0.29) is 18.9 Å². The Labute approximate surface area is 125 Å². The molecule has 21 heavy (non-hydrogen) atoms. The van der Waals surface area contributed by atoms with E-state index in [9.17, 15) is 4.79 Å². The minimum absolute atomic E-state index is 0.158. The smallest absolute Gasteiger partial charge is 0.407 e. The highest BCUT2D eigenvalue weighted by Crippen LogP contribution is 2.41. The molecule has 0 saturated heterocycles. The van der Waals surface area contributed by atoms with E-state index in [2.05, 4.69) is 5.32 Å². The molecule has 0 aliphatic heterocycles. The van der Waals surface area contributed by atoms with Crippen LogP contribution in [0.4, 0.5) is 4.79 Å². The van der Waals surface area contributed by atoms with Crippen molar-refractivity contribution in [2.75, 3.05) is 13.9 Å². The number of benzene rings is 1. The Bertz CT molecular complexity index is 478. The Morgan fingerprint density at radius 2 is 1.95 bits per heavy atom. The van der Waals surface area contributed by atoms with Crippen LogP contribution < -0.4 is 10.1 Å². The largest absolute Gasteiger partial charge is 0.468 e. The molecule has 2 rings (SSSR count). The lowest BCUT2D eigenvalue weighted by Gasteiger charge is -2.19. The number of ether oxygens (including phenoxy) is 3. The lowest BCUT2D eigenvalue weighted by molar-refractivity contribution is 0.0509. The summed E-state index contributed by atoms with van der Waals surface area (Å²) in [4.78, 5) is 11.7. The summed E-state index contributed by atoms with van der Waals surface area (Å²) in [5, 5.41) is 2.90. The molecule has 0 heterocycles. The third-order valence-corrected chi connectivity index (χ3v) is 3.14. The fourth-order valence-corrected chi connectivity index (χ4v) is 2.12. The normalized spacial score (nSPS) is 20.8. The maximum Gasteiger partial charge on any atom is 0.407 e. The van der Waals surface area contributed by atoms with Crippen LogP contribution in [-0.2, 0) is 9.47 Å². The minimum Gasteiger partial charge on any atom is -0.468 e. The van der Waals surface area contributed by atoms with Gasteiger partial charge in [0.2, 0.25) is 0 Å². The van der Waals surface area contributed by atoms with E-state index in [1.54, 1.807) is 7.11 Å². The number of carbonyl (C=O) groups is 1. The predicted octanol–water partition coefficient (Wildman–Crippen LogP) is 3.05. The van der Waals surface area contributed by atoms with Gasteiger partial charge in [-0.25, -0.2) is 4.79 Å². The maximum atomic E-state index is 11.7. The van der Waals surface area contributed by atoms with Crippen LogP contribution in [0.25, 0.3) is 0 Å². The first kappa shape index (κ1) is 15.6. The van der Waals surface area contributed by atoms with Gasteiger partial charge < -0.3 is 19.5 Å². The highest BCUT2D eigenvalue weighted by Gasteiger charge is 2.40. The number of nitrogens with one attached hydrogen (secondary N) is 1. The lowest BCUT2D eigenvalue weighted by Crippen LogP contribution is -2.34. The van der Waals surface area contributed by atoms with Gasteiger partial charge >= 0.3 is 6.09 Å². The molecule has 1 aromatic rings. The molecular weight excluding hydrogens is 270 g/mol. The van der Waals surface area contributed by atoms with Crippen LogP contribution in [-0.4, -0.2) is 31.6 Å². The van der Waals surface area contributed by atoms with Crippen LogP contribution >= 0.6 is 0 Å². The molecule has 0 radical (unpaired) electrons. The monoisotopic (exact) mass is 293 g/mol. The van der Waals surface area contributed by atoms with Gasteiger partial charge in [0, 0.05) is 19.1 Å². The van der Waals surface area contributed by atoms with Crippen LogP contribution in [0.3, 0.4) is 0 Å². The molecule has 2 atom stereocenters. The van der Waals surface area contributed by atoms with Gasteiger partial charge in [0.1, 0.15) is 11.4 Å². The summed E-state index contributed by atoms with van der Waals surface area (Å²) in [5.41, 5.74) is 0.732. The first-order valence-corrected chi connectivity index (χ1v) is 7.10. The zero-order valence-corrected chi connectivity index (χ0v) is 13.0. The summed E-state index contributed by atoms with van der Waals surface area (Å²) in [6.07, 6.45) is 0.590. The van der Waals surface area contributed by atoms with Gasteiger partial charge in [0.25, 0.3) is 0 Å². The Balaban J connectivity index is 1.81. The van der Waals surface area contributed by atoms with Gasteiger partial charge in [-0.3, -0.25) is 0 Å². The Kier molecular flexibility index (Phi) is 4.73. The number of rotatable bonds is 5. The Hall–Kier alpha value is -1.75. The molecule has 1 amide bonds. The van der Waals surface area contributed by atoms with E-state index in [1.165, 1.54) is 5.56 Å². The summed E-state index contributed by atoms with van der Waals surface area (Å²) in [6, 6.07) is 8.03. The Morgan fingerprint density at radius 1 is 1.29 bits per heavy atom. The first-order chi connectivity index (χ1) is 9.89. The minimum atomic E-state index is -0.463. The van der Waals surface area contributed by atoms with Gasteiger partial charge in [-0.2, -0.15) is 0 Å². The quantitative estimate of drug-likeness (QED) is 0.848. The van der Waals surface area contributed by atoms with Crippen molar-refractivity contribution < 1.29 is 19.0 Å². The van der Waals surface area contributed by atoms with Crippen LogP contribution in [0.15, 0.2) is 24.3 Å². The summed E-state index contributed by atoms with van der Waals surface area (Å²) in [7, 11) is 1.59. The molecular formula is C16H23NO4. The number of hydrogen-bond acceptors (Lipinski definition) is 4. The van der Waals surface area contributed by atoms with Crippen molar-refractivity contribution in [1.29, 1.82) is 0 Å². The average Bonchev–Trinajstić information content (AvgIpc) is 3.13. The Morgan fingerprint density at radius 3 is 2.52 bits per heavy atom. The van der Waals surface area contributed by atoms with Crippen molar-refractivity contribution in [2.24, 2.45) is 0 Å². The van der Waals surface area contributed by atoms with E-state index in [0.29, 0.717) is 5.92 Å². The summed E-state index contributed by atoms with van der Waals surface area (Å²) in [5.74, 6) is 1.13. The second-order valence-electron chi connectivity index (χ2n) is 6.21. The van der Waals surface area contributed by atoms with E-state index in [0.717, 1.165) is 12.2 Å². The molecule has 5 nitrogen and oxygen atoms in total. The second kappa shape index (κ2) is 6.35. The van der Waals surface area contributed by atoms with E-state index in [1.807, 2.05) is 45.0 Å². The third-order valence-electron chi connectivity index (χ3n) is 3.14. The van der Waals surface area contributed by atoms with Crippen molar-refractivity contribution in [1.82, 2.24) is 5.32 Å². The van der Waals surface area contributed by atoms with Gasteiger partial charge in [-0.15, -0.1) is 0 Å². The van der Waals surface area contributed by atoms with E-state index < -0.39 is 5.60 Å². The maximum absolute atomic E-state index is 11.7. The van der Waals surface area contributed by atoms with E-state index >= 15 is 0 Å². The molecule has 1 aliphatic carbocycles. The van der Waals surface area contributed by atoms with Crippen molar-refractivity contribution in [3.8, 4) is 5.75 Å². The van der Waals surface area contributed by atoms with E-state index in [4.69, 9.17) is 14.2 Å². The van der Waals surface area contributed by atoms with Gasteiger partial charge in [0.05, 0.1) is 0 Å². The van der Waals surface area contributed by atoms with Crippen molar-refractivity contribution in [2.45, 2.75) is 44.8 Å². The zero-order chi connectivity index (χ0) is 15.5. The topological polar surface area (TPSA) is 56.8 Å². The van der Waals surface area contributed by atoms with Gasteiger partial charge in [0.15, 0.2) is 6.79 Å². The lowest BCUT2D eigenvalue weighted by atomic mass is 10.1. The van der Waals surface area contributed by atoms with Crippen molar-refractivity contribution >= 4 is 6.09 Å². The average molecular weight is 293 g/mol. The second-order valence-corrected chi connectivity index (χ2v) is 6.21. The third kappa shape index (κ3) is 4.93. The highest BCUT2D eigenvalue weighted by atomic mass is 16.7. The number of methoxy groups -OCH3 is 1. The van der Waals surface area contributed by atoms with Crippen LogP contribution in [0, 0.1) is 0 Å². The van der Waals surface area contributed by atoms with Gasteiger partial charge in [-0.1, -0.05) is 12.1 Å². The fraction of sp³-hybridized carbons (Fsp3) is 0.562. The van der Waals surface area contributed by atoms with Crippen LogP contribution in [0.5, 0.6) is 5.75 Å². The fourth-order valence-electron chi connectivity index (χ4n) is 2.12. The predicted molar refractivity (Wildman–Crippen MR) is 79.5 cm³/mol. The number of alkyl carbamates (subject to hydrolysis) is 1. The number of carbonyl (C=O) groups excluding carboxylic acids is 1. The highest BCUT2D eigenvalue weighted by molar-refractivity contribution is 5.69. The van der Waals surface area contributed by atoms with Crippen LogP contribution in [0.1, 0.15) is 38.7 Å². The molecule has 1 N–H and O–H groups in total. The molecule has 0 unspecified atom stereocenters. The summed E-state index contributed by atoms with van der Waals surface area (Å²) >= 11 is 0. The molecule has 1 saturated carbocycles. The molecule has 0 spiro atoms. The molecule has 1 fully saturated rings. The molecule has 0 bridgehead atoms. The van der Waals surface area contributed by atoms with Crippen LogP contribution in [0.2, 0.25) is 0 Å². The first-order valence-electron chi connectivity index (χ1n) is 7.10.